The third-order valence-corrected chi connectivity index (χ3v) is 2.69. The predicted octanol–water partition coefficient (Wildman–Crippen LogP) is -0.673. The Hall–Kier alpha value is -0.570. The van der Waals surface area contributed by atoms with Crippen LogP contribution in [0.25, 0.3) is 0 Å². The number of rotatable bonds is 1. The molecule has 3 N–H and O–H groups in total. The summed E-state index contributed by atoms with van der Waals surface area (Å²) in [4.78, 5) is 10.7. The van der Waals surface area contributed by atoms with Crippen molar-refractivity contribution in [3.8, 4) is 0 Å². The molecule has 1 aliphatic carbocycles. The molecule has 1 amide bonds. The second-order valence-corrected chi connectivity index (χ2v) is 3.25. The minimum Gasteiger partial charge on any atom is -0.369 e. The Morgan fingerprint density at radius 3 is 2.80 bits per heavy atom. The number of hydrogen-bond donors (Lipinski definition) is 2. The van der Waals surface area contributed by atoms with E-state index in [1.807, 2.05) is 0 Å². The average molecular weight is 140 g/mol. The lowest BCUT2D eigenvalue weighted by Gasteiger charge is -2.07. The fourth-order valence-corrected chi connectivity index (χ4v) is 2.08. The van der Waals surface area contributed by atoms with Crippen molar-refractivity contribution in [3.63, 3.8) is 0 Å². The first-order valence-corrected chi connectivity index (χ1v) is 3.81. The van der Waals surface area contributed by atoms with Crippen molar-refractivity contribution in [2.45, 2.75) is 6.42 Å². The largest absolute Gasteiger partial charge is 0.369 e. The highest BCUT2D eigenvalue weighted by Crippen LogP contribution is 2.49. The van der Waals surface area contributed by atoms with Crippen molar-refractivity contribution >= 4 is 5.91 Å². The van der Waals surface area contributed by atoms with Crippen molar-refractivity contribution < 1.29 is 4.79 Å². The fraction of sp³-hybridized carbons (Fsp3) is 0.857. The van der Waals surface area contributed by atoms with Crippen LogP contribution in [0.3, 0.4) is 0 Å². The molecule has 0 radical (unpaired) electrons. The van der Waals surface area contributed by atoms with Crippen molar-refractivity contribution in [2.24, 2.45) is 23.5 Å². The molecule has 1 aliphatic heterocycles. The quantitative estimate of drug-likeness (QED) is 0.507. The Morgan fingerprint density at radius 2 is 2.30 bits per heavy atom. The summed E-state index contributed by atoms with van der Waals surface area (Å²) in [6.45, 7) is 2.06. The number of fused-ring (bicyclic) bond motifs is 1. The molecule has 2 aliphatic rings. The van der Waals surface area contributed by atoms with Crippen molar-refractivity contribution in [2.75, 3.05) is 13.1 Å². The standard InChI is InChI=1S/C7H12N2O/c8-7(10)6-4-1-2-9-3-5(4)6/h4-6,9H,1-3H2,(H2,8,10). The van der Waals surface area contributed by atoms with Crippen LogP contribution >= 0.6 is 0 Å². The Bertz CT molecular complexity index is 157. The van der Waals surface area contributed by atoms with Crippen LogP contribution in [-0.4, -0.2) is 19.0 Å². The predicted molar refractivity (Wildman–Crippen MR) is 37.2 cm³/mol. The zero-order chi connectivity index (χ0) is 7.14. The van der Waals surface area contributed by atoms with Gasteiger partial charge in [-0.15, -0.1) is 0 Å². The number of hydrogen-bond acceptors (Lipinski definition) is 2. The van der Waals surface area contributed by atoms with Gasteiger partial charge in [0.15, 0.2) is 0 Å². The molecule has 0 aromatic rings. The summed E-state index contributed by atoms with van der Waals surface area (Å²) in [5, 5.41) is 3.25. The Morgan fingerprint density at radius 1 is 1.50 bits per heavy atom. The summed E-state index contributed by atoms with van der Waals surface area (Å²) in [6, 6.07) is 0. The van der Waals surface area contributed by atoms with Crippen molar-refractivity contribution in [1.29, 1.82) is 0 Å². The van der Waals surface area contributed by atoms with Gasteiger partial charge in [-0.05, 0) is 31.3 Å². The molecular weight excluding hydrogens is 128 g/mol. The minimum absolute atomic E-state index is 0.0984. The molecular formula is C7H12N2O. The molecule has 3 heteroatoms. The molecule has 0 bridgehead atoms. The smallest absolute Gasteiger partial charge is 0.221 e. The summed E-state index contributed by atoms with van der Waals surface area (Å²) in [5.74, 6) is 1.30. The number of carbonyl (C=O) groups is 1. The molecule has 3 atom stereocenters. The Labute approximate surface area is 60.0 Å². The first kappa shape index (κ1) is 6.16. The van der Waals surface area contributed by atoms with Gasteiger partial charge >= 0.3 is 0 Å². The molecule has 56 valence electrons. The average Bonchev–Trinajstić information content (AvgIpc) is 2.60. The van der Waals surface area contributed by atoms with Crippen LogP contribution in [0.5, 0.6) is 0 Å². The molecule has 3 nitrogen and oxygen atoms in total. The maximum Gasteiger partial charge on any atom is 0.221 e. The molecule has 1 saturated carbocycles. The van der Waals surface area contributed by atoms with Gasteiger partial charge in [-0.2, -0.15) is 0 Å². The van der Waals surface area contributed by atoms with Crippen LogP contribution in [-0.2, 0) is 4.79 Å². The molecule has 2 rings (SSSR count). The molecule has 10 heavy (non-hydrogen) atoms. The van der Waals surface area contributed by atoms with Gasteiger partial charge in [-0.25, -0.2) is 0 Å². The number of primary amides is 1. The summed E-state index contributed by atoms with van der Waals surface area (Å²) in [6.07, 6.45) is 1.14. The topological polar surface area (TPSA) is 55.1 Å². The molecule has 0 aromatic heterocycles. The summed E-state index contributed by atoms with van der Waals surface area (Å²) in [5.41, 5.74) is 5.19. The van der Waals surface area contributed by atoms with Gasteiger partial charge in [0, 0.05) is 5.92 Å². The summed E-state index contributed by atoms with van der Waals surface area (Å²) < 4.78 is 0. The first-order valence-electron chi connectivity index (χ1n) is 3.81. The zero-order valence-electron chi connectivity index (χ0n) is 5.84. The van der Waals surface area contributed by atoms with Gasteiger partial charge in [0.2, 0.25) is 5.91 Å². The Kier molecular flexibility index (Phi) is 1.20. The highest BCUT2D eigenvalue weighted by Gasteiger charge is 2.53. The van der Waals surface area contributed by atoms with Crippen LogP contribution in [0.15, 0.2) is 0 Å². The van der Waals surface area contributed by atoms with E-state index in [0.717, 1.165) is 19.5 Å². The molecule has 0 spiro atoms. The number of nitrogens with one attached hydrogen (secondary N) is 1. The van der Waals surface area contributed by atoms with Gasteiger partial charge in [-0.1, -0.05) is 0 Å². The van der Waals surface area contributed by atoms with Crippen LogP contribution < -0.4 is 11.1 Å². The van der Waals surface area contributed by atoms with Crippen LogP contribution in [0, 0.1) is 17.8 Å². The normalized spacial score (nSPS) is 44.2. The second-order valence-electron chi connectivity index (χ2n) is 3.25. The fourth-order valence-electron chi connectivity index (χ4n) is 2.08. The third kappa shape index (κ3) is 0.736. The van der Waals surface area contributed by atoms with Gasteiger partial charge in [-0.3, -0.25) is 4.79 Å². The van der Waals surface area contributed by atoms with E-state index >= 15 is 0 Å². The van der Waals surface area contributed by atoms with Gasteiger partial charge < -0.3 is 11.1 Å². The van der Waals surface area contributed by atoms with Crippen LogP contribution in [0.4, 0.5) is 0 Å². The zero-order valence-corrected chi connectivity index (χ0v) is 5.84. The molecule has 0 aromatic carbocycles. The third-order valence-electron chi connectivity index (χ3n) is 2.69. The van der Waals surface area contributed by atoms with Crippen LogP contribution in [0.2, 0.25) is 0 Å². The lowest BCUT2D eigenvalue weighted by atomic mass is 10.2. The number of nitrogens with two attached hydrogens (primary N) is 1. The van der Waals surface area contributed by atoms with E-state index in [1.54, 1.807) is 0 Å². The SMILES string of the molecule is NC(=O)C1C2CCNCC21. The van der Waals surface area contributed by atoms with E-state index in [4.69, 9.17) is 5.73 Å². The molecule has 1 heterocycles. The lowest BCUT2D eigenvalue weighted by Crippen LogP contribution is -2.24. The highest BCUT2D eigenvalue weighted by atomic mass is 16.1. The monoisotopic (exact) mass is 140 g/mol. The number of amides is 1. The Balaban J connectivity index is 1.99. The van der Waals surface area contributed by atoms with E-state index in [-0.39, 0.29) is 11.8 Å². The van der Waals surface area contributed by atoms with E-state index in [0.29, 0.717) is 11.8 Å². The van der Waals surface area contributed by atoms with Crippen LogP contribution in [0.1, 0.15) is 6.42 Å². The lowest BCUT2D eigenvalue weighted by molar-refractivity contribution is -0.119. The maximum atomic E-state index is 10.7. The highest BCUT2D eigenvalue weighted by molar-refractivity contribution is 5.80. The van der Waals surface area contributed by atoms with E-state index in [1.165, 1.54) is 0 Å². The maximum absolute atomic E-state index is 10.7. The van der Waals surface area contributed by atoms with E-state index in [2.05, 4.69) is 5.32 Å². The molecule has 3 unspecified atom stereocenters. The number of piperidine rings is 1. The van der Waals surface area contributed by atoms with E-state index < -0.39 is 0 Å². The van der Waals surface area contributed by atoms with Gasteiger partial charge in [0.05, 0.1) is 0 Å². The second kappa shape index (κ2) is 1.95. The van der Waals surface area contributed by atoms with Gasteiger partial charge in [0.25, 0.3) is 0 Å². The van der Waals surface area contributed by atoms with Gasteiger partial charge in [0.1, 0.15) is 0 Å². The number of carbonyl (C=O) groups excluding carboxylic acids is 1. The molecule has 1 saturated heterocycles. The summed E-state index contributed by atoms with van der Waals surface area (Å²) >= 11 is 0. The molecule has 2 fully saturated rings. The van der Waals surface area contributed by atoms with E-state index in [9.17, 15) is 4.79 Å². The van der Waals surface area contributed by atoms with Crippen molar-refractivity contribution in [1.82, 2.24) is 5.32 Å². The summed E-state index contributed by atoms with van der Waals surface area (Å²) in [7, 11) is 0. The minimum atomic E-state index is -0.0984. The van der Waals surface area contributed by atoms with Crippen molar-refractivity contribution in [3.05, 3.63) is 0 Å². The first-order chi connectivity index (χ1) is 4.80.